The summed E-state index contributed by atoms with van der Waals surface area (Å²) in [6.45, 7) is 3.91. The Balaban J connectivity index is 1.89. The summed E-state index contributed by atoms with van der Waals surface area (Å²) in [7, 11) is -3.47. The lowest BCUT2D eigenvalue weighted by molar-refractivity contribution is -0.134. The zero-order valence-electron chi connectivity index (χ0n) is 13.9. The lowest BCUT2D eigenvalue weighted by Crippen LogP contribution is -2.47. The van der Waals surface area contributed by atoms with Gasteiger partial charge in [-0.15, -0.1) is 6.42 Å². The molecule has 140 valence electrons. The number of likely N-dealkylation sites (tertiary alicyclic amines) is 1. The number of rotatable bonds is 6. The number of benzene rings is 1. The standard InChI is InChI=1S/C17H18Cl2N2O4S/c1-3-12-9-16(15(19)10-14(12)18)25-11-17(22)21-7-5-13(6-8-21)20-26(23,24)4-2/h1,4,9-10,13,20H,2,5-8,11H2. The third-order valence-corrected chi connectivity index (χ3v) is 5.64. The van der Waals surface area contributed by atoms with Crippen molar-refractivity contribution in [3.8, 4) is 18.1 Å². The van der Waals surface area contributed by atoms with E-state index in [0.29, 0.717) is 36.5 Å². The summed E-state index contributed by atoms with van der Waals surface area (Å²) in [5.41, 5.74) is 0.425. The number of ether oxygens (including phenoxy) is 1. The van der Waals surface area contributed by atoms with Gasteiger partial charge in [-0.05, 0) is 25.0 Å². The zero-order valence-corrected chi connectivity index (χ0v) is 16.2. The van der Waals surface area contributed by atoms with Crippen LogP contribution in [0.2, 0.25) is 10.0 Å². The molecule has 0 aromatic heterocycles. The topological polar surface area (TPSA) is 75.7 Å². The number of amides is 1. The summed E-state index contributed by atoms with van der Waals surface area (Å²) in [5.74, 6) is 2.48. The first kappa shape index (κ1) is 20.6. The van der Waals surface area contributed by atoms with Gasteiger partial charge in [0, 0.05) is 30.1 Å². The van der Waals surface area contributed by atoms with Crippen molar-refractivity contribution in [2.24, 2.45) is 0 Å². The maximum Gasteiger partial charge on any atom is 0.260 e. The average Bonchev–Trinajstić information content (AvgIpc) is 2.61. The molecule has 9 heteroatoms. The quantitative estimate of drug-likeness (QED) is 0.722. The first-order valence-electron chi connectivity index (χ1n) is 7.76. The molecule has 0 spiro atoms. The molecule has 1 heterocycles. The Morgan fingerprint density at radius 3 is 2.62 bits per heavy atom. The Morgan fingerprint density at radius 2 is 2.04 bits per heavy atom. The van der Waals surface area contributed by atoms with Crippen LogP contribution in [0.3, 0.4) is 0 Å². The molecule has 1 aromatic rings. The Bertz CT molecular complexity index is 841. The van der Waals surface area contributed by atoms with Crippen LogP contribution in [0.5, 0.6) is 5.75 Å². The molecule has 1 aliphatic heterocycles. The van der Waals surface area contributed by atoms with E-state index in [4.69, 9.17) is 34.4 Å². The number of nitrogens with zero attached hydrogens (tertiary/aromatic N) is 1. The first-order valence-corrected chi connectivity index (χ1v) is 10.1. The van der Waals surface area contributed by atoms with Gasteiger partial charge in [0.15, 0.2) is 6.61 Å². The largest absolute Gasteiger partial charge is 0.482 e. The third-order valence-electron chi connectivity index (χ3n) is 3.93. The van der Waals surface area contributed by atoms with Crippen LogP contribution >= 0.6 is 23.2 Å². The van der Waals surface area contributed by atoms with Crippen molar-refractivity contribution in [3.63, 3.8) is 0 Å². The molecule has 0 atom stereocenters. The highest BCUT2D eigenvalue weighted by Gasteiger charge is 2.25. The van der Waals surface area contributed by atoms with Gasteiger partial charge >= 0.3 is 0 Å². The molecule has 1 N–H and O–H groups in total. The highest BCUT2D eigenvalue weighted by molar-refractivity contribution is 7.92. The first-order chi connectivity index (χ1) is 12.3. The third kappa shape index (κ3) is 5.39. The maximum absolute atomic E-state index is 12.3. The molecule has 0 aliphatic carbocycles. The monoisotopic (exact) mass is 416 g/mol. The maximum atomic E-state index is 12.3. The fourth-order valence-corrected chi connectivity index (χ4v) is 3.80. The van der Waals surface area contributed by atoms with E-state index in [9.17, 15) is 13.2 Å². The number of piperidine rings is 1. The SMILES string of the molecule is C#Cc1cc(OCC(=O)N2CCC(NS(=O)(=O)C=C)CC2)c(Cl)cc1Cl. The van der Waals surface area contributed by atoms with Crippen molar-refractivity contribution >= 4 is 39.1 Å². The number of carbonyl (C=O) groups excluding carboxylic acids is 1. The Labute approximate surface area is 163 Å². The number of sulfonamides is 1. The second-order valence-corrected chi connectivity index (χ2v) is 8.15. The summed E-state index contributed by atoms with van der Waals surface area (Å²) in [4.78, 5) is 13.9. The second kappa shape index (κ2) is 8.78. The van der Waals surface area contributed by atoms with E-state index >= 15 is 0 Å². The van der Waals surface area contributed by atoms with E-state index in [0.717, 1.165) is 5.41 Å². The zero-order chi connectivity index (χ0) is 19.3. The van der Waals surface area contributed by atoms with E-state index in [2.05, 4.69) is 17.2 Å². The summed E-state index contributed by atoms with van der Waals surface area (Å²) >= 11 is 12.0. The van der Waals surface area contributed by atoms with Gasteiger partial charge in [0.2, 0.25) is 10.0 Å². The van der Waals surface area contributed by atoms with Crippen molar-refractivity contribution in [1.82, 2.24) is 9.62 Å². The molecule has 1 aliphatic rings. The van der Waals surface area contributed by atoms with Gasteiger partial charge in [0.1, 0.15) is 5.75 Å². The number of hydrogen-bond donors (Lipinski definition) is 1. The highest BCUT2D eigenvalue weighted by atomic mass is 35.5. The number of carbonyl (C=O) groups is 1. The predicted molar refractivity (Wildman–Crippen MR) is 102 cm³/mol. The number of halogens is 2. The molecule has 0 radical (unpaired) electrons. The van der Waals surface area contributed by atoms with Crippen molar-refractivity contribution < 1.29 is 17.9 Å². The van der Waals surface area contributed by atoms with Crippen LogP contribution in [0.25, 0.3) is 0 Å². The van der Waals surface area contributed by atoms with Crippen LogP contribution in [-0.2, 0) is 14.8 Å². The van der Waals surface area contributed by atoms with Gasteiger partial charge < -0.3 is 9.64 Å². The van der Waals surface area contributed by atoms with Gasteiger partial charge in [0.05, 0.1) is 10.0 Å². The molecular weight excluding hydrogens is 399 g/mol. The van der Waals surface area contributed by atoms with Crippen molar-refractivity contribution in [1.29, 1.82) is 0 Å². The van der Waals surface area contributed by atoms with Crippen LogP contribution in [-0.4, -0.2) is 45.0 Å². The molecule has 26 heavy (non-hydrogen) atoms. The van der Waals surface area contributed by atoms with E-state index in [1.807, 2.05) is 0 Å². The molecule has 6 nitrogen and oxygen atoms in total. The van der Waals surface area contributed by atoms with E-state index in [1.165, 1.54) is 12.1 Å². The number of terminal acetylenes is 1. The predicted octanol–water partition coefficient (Wildman–Crippen LogP) is 2.41. The molecule has 1 amide bonds. The highest BCUT2D eigenvalue weighted by Crippen LogP contribution is 2.30. The van der Waals surface area contributed by atoms with Crippen LogP contribution in [0.1, 0.15) is 18.4 Å². The molecule has 0 saturated carbocycles. The molecule has 2 rings (SSSR count). The minimum Gasteiger partial charge on any atom is -0.482 e. The summed E-state index contributed by atoms with van der Waals surface area (Å²) < 4.78 is 31.0. The Hall–Kier alpha value is -1.72. The summed E-state index contributed by atoms with van der Waals surface area (Å²) in [5, 5.41) is 1.47. The van der Waals surface area contributed by atoms with Crippen molar-refractivity contribution in [2.75, 3.05) is 19.7 Å². The summed E-state index contributed by atoms with van der Waals surface area (Å²) in [6.07, 6.45) is 6.38. The summed E-state index contributed by atoms with van der Waals surface area (Å²) in [6, 6.07) is 2.76. The minimum absolute atomic E-state index is 0.200. The van der Waals surface area contributed by atoms with Crippen LogP contribution in [0.4, 0.5) is 0 Å². The molecule has 1 aromatic carbocycles. The van der Waals surface area contributed by atoms with Gasteiger partial charge in [-0.1, -0.05) is 35.7 Å². The Morgan fingerprint density at radius 1 is 1.38 bits per heavy atom. The van der Waals surface area contributed by atoms with Gasteiger partial charge in [-0.3, -0.25) is 4.79 Å². The molecule has 0 bridgehead atoms. The van der Waals surface area contributed by atoms with E-state index in [-0.39, 0.29) is 29.3 Å². The van der Waals surface area contributed by atoms with Crippen molar-refractivity contribution in [2.45, 2.75) is 18.9 Å². The van der Waals surface area contributed by atoms with Crippen LogP contribution in [0.15, 0.2) is 24.1 Å². The van der Waals surface area contributed by atoms with Gasteiger partial charge in [-0.2, -0.15) is 0 Å². The number of nitrogens with one attached hydrogen (secondary N) is 1. The van der Waals surface area contributed by atoms with E-state index in [1.54, 1.807) is 4.90 Å². The molecule has 1 saturated heterocycles. The van der Waals surface area contributed by atoms with Crippen molar-refractivity contribution in [3.05, 3.63) is 39.7 Å². The lowest BCUT2D eigenvalue weighted by Gasteiger charge is -2.32. The fourth-order valence-electron chi connectivity index (χ4n) is 2.51. The number of hydrogen-bond acceptors (Lipinski definition) is 4. The van der Waals surface area contributed by atoms with Gasteiger partial charge in [-0.25, -0.2) is 13.1 Å². The minimum atomic E-state index is -3.47. The van der Waals surface area contributed by atoms with Gasteiger partial charge in [0.25, 0.3) is 5.91 Å². The Kier molecular flexibility index (Phi) is 6.95. The molecule has 1 fully saturated rings. The normalized spacial score (nSPS) is 15.3. The van der Waals surface area contributed by atoms with E-state index < -0.39 is 10.0 Å². The lowest BCUT2D eigenvalue weighted by atomic mass is 10.1. The van der Waals surface area contributed by atoms with Crippen LogP contribution in [0, 0.1) is 12.3 Å². The molecular formula is C17H18Cl2N2O4S. The smallest absolute Gasteiger partial charge is 0.260 e. The average molecular weight is 417 g/mol. The fraction of sp³-hybridized carbons (Fsp3) is 0.353. The molecule has 0 unspecified atom stereocenters. The van der Waals surface area contributed by atoms with Crippen LogP contribution < -0.4 is 9.46 Å². The second-order valence-electron chi connectivity index (χ2n) is 5.68.